The normalized spacial score (nSPS) is 22.2. The number of hydrogen-bond acceptors (Lipinski definition) is 7. The minimum atomic E-state index is -0.571. The lowest BCUT2D eigenvalue weighted by Gasteiger charge is -2.36. The number of nitrogens with zero attached hydrogens (tertiary/aromatic N) is 6. The second kappa shape index (κ2) is 6.85. The van der Waals surface area contributed by atoms with Crippen LogP contribution in [0.2, 0.25) is 0 Å². The molecule has 1 saturated heterocycles. The number of fused-ring (bicyclic) bond motifs is 1. The summed E-state index contributed by atoms with van der Waals surface area (Å²) in [5.74, 6) is 0.884. The van der Waals surface area contributed by atoms with Gasteiger partial charge >= 0.3 is 6.09 Å². The molecule has 2 atom stereocenters. The van der Waals surface area contributed by atoms with E-state index in [1.807, 2.05) is 32.4 Å². The van der Waals surface area contributed by atoms with E-state index in [4.69, 9.17) is 9.26 Å². The molecule has 2 aliphatic heterocycles. The van der Waals surface area contributed by atoms with Gasteiger partial charge in [0.2, 0.25) is 11.8 Å². The van der Waals surface area contributed by atoms with Crippen LogP contribution in [-0.2, 0) is 22.6 Å². The van der Waals surface area contributed by atoms with Crippen molar-refractivity contribution in [3.8, 4) is 0 Å². The van der Waals surface area contributed by atoms with Crippen molar-refractivity contribution in [3.05, 3.63) is 23.6 Å². The molecule has 0 N–H and O–H groups in total. The molecule has 10 nitrogen and oxygen atoms in total. The Hall–Kier alpha value is -2.91. The second-order valence-corrected chi connectivity index (χ2v) is 8.69. The summed E-state index contributed by atoms with van der Waals surface area (Å²) in [7, 11) is 0. The minimum Gasteiger partial charge on any atom is -0.444 e. The molecule has 0 saturated carbocycles. The number of rotatable bonds is 2. The molecule has 4 heterocycles. The number of hydrogen-bond donors (Lipinski definition) is 0. The molecule has 4 rings (SSSR count). The number of aryl methyl sites for hydroxylation is 1. The first-order chi connectivity index (χ1) is 13.6. The lowest BCUT2D eigenvalue weighted by Crippen LogP contribution is -2.47. The lowest BCUT2D eigenvalue weighted by molar-refractivity contribution is -0.117. The lowest BCUT2D eigenvalue weighted by atomic mass is 10.1. The van der Waals surface area contributed by atoms with Crippen molar-refractivity contribution in [1.29, 1.82) is 0 Å². The van der Waals surface area contributed by atoms with Crippen molar-refractivity contribution in [2.75, 3.05) is 11.4 Å². The average molecular weight is 402 g/mol. The molecule has 0 radical (unpaired) electrons. The van der Waals surface area contributed by atoms with Gasteiger partial charge in [-0.25, -0.2) is 4.79 Å². The third-order valence-corrected chi connectivity index (χ3v) is 5.17. The Morgan fingerprint density at radius 1 is 1.31 bits per heavy atom. The van der Waals surface area contributed by atoms with Crippen LogP contribution in [0.1, 0.15) is 57.4 Å². The molecule has 2 aromatic rings. The van der Waals surface area contributed by atoms with Gasteiger partial charge in [-0.2, -0.15) is 10.1 Å². The van der Waals surface area contributed by atoms with Gasteiger partial charge in [0.25, 0.3) is 0 Å². The first kappa shape index (κ1) is 19.4. The Morgan fingerprint density at radius 2 is 2.07 bits per heavy atom. The highest BCUT2D eigenvalue weighted by molar-refractivity contribution is 5.96. The van der Waals surface area contributed by atoms with Gasteiger partial charge in [0.1, 0.15) is 5.60 Å². The Balaban J connectivity index is 1.56. The highest BCUT2D eigenvalue weighted by Crippen LogP contribution is 2.34. The predicted molar refractivity (Wildman–Crippen MR) is 102 cm³/mol. The Morgan fingerprint density at radius 3 is 2.72 bits per heavy atom. The molecule has 156 valence electrons. The van der Waals surface area contributed by atoms with E-state index in [9.17, 15) is 9.59 Å². The smallest absolute Gasteiger partial charge is 0.410 e. The molecule has 10 heteroatoms. The van der Waals surface area contributed by atoms with Crippen LogP contribution in [0.4, 0.5) is 10.5 Å². The number of amides is 2. The van der Waals surface area contributed by atoms with Gasteiger partial charge in [0.15, 0.2) is 5.82 Å². The SMILES string of the molecule is Cc1nc(C2CC(=O)N(c3cnn4c3CN(C(=O)OC(C)(C)C)[C@@H](C)C4)C2)no1. The molecule has 29 heavy (non-hydrogen) atoms. The van der Waals surface area contributed by atoms with E-state index in [1.54, 1.807) is 22.9 Å². The molecule has 2 amide bonds. The fourth-order valence-corrected chi connectivity index (χ4v) is 3.77. The first-order valence-electron chi connectivity index (χ1n) is 9.77. The van der Waals surface area contributed by atoms with Gasteiger partial charge in [0.05, 0.1) is 36.7 Å². The summed E-state index contributed by atoms with van der Waals surface area (Å²) in [5.41, 5.74) is 0.975. The Bertz CT molecular complexity index is 943. The average Bonchev–Trinajstić information content (AvgIpc) is 3.30. The van der Waals surface area contributed by atoms with E-state index in [0.29, 0.717) is 37.8 Å². The summed E-state index contributed by atoms with van der Waals surface area (Å²) < 4.78 is 12.5. The van der Waals surface area contributed by atoms with E-state index in [-0.39, 0.29) is 24.0 Å². The van der Waals surface area contributed by atoms with Crippen LogP contribution in [0, 0.1) is 6.92 Å². The Labute approximate surface area is 168 Å². The van der Waals surface area contributed by atoms with Crippen LogP contribution in [0.3, 0.4) is 0 Å². The van der Waals surface area contributed by atoms with E-state index in [0.717, 1.165) is 11.4 Å². The van der Waals surface area contributed by atoms with Gasteiger partial charge in [0, 0.05) is 25.8 Å². The summed E-state index contributed by atoms with van der Waals surface area (Å²) in [5, 5.41) is 8.41. The summed E-state index contributed by atoms with van der Waals surface area (Å²) in [6, 6.07) is -0.0607. The van der Waals surface area contributed by atoms with Gasteiger partial charge < -0.3 is 14.2 Å². The second-order valence-electron chi connectivity index (χ2n) is 8.69. The zero-order valence-electron chi connectivity index (χ0n) is 17.4. The third kappa shape index (κ3) is 3.70. The predicted octanol–water partition coefficient (Wildman–Crippen LogP) is 2.23. The number of anilines is 1. The molecule has 2 aliphatic rings. The van der Waals surface area contributed by atoms with Crippen LogP contribution in [0.25, 0.3) is 0 Å². The monoisotopic (exact) mass is 402 g/mol. The summed E-state index contributed by atoms with van der Waals surface area (Å²) in [6.07, 6.45) is 1.65. The number of aromatic nitrogens is 4. The molecular formula is C19H26N6O4. The molecule has 0 spiro atoms. The highest BCUT2D eigenvalue weighted by atomic mass is 16.6. The van der Waals surface area contributed by atoms with Crippen molar-refractivity contribution in [1.82, 2.24) is 24.8 Å². The van der Waals surface area contributed by atoms with Crippen molar-refractivity contribution in [2.24, 2.45) is 0 Å². The topological polar surface area (TPSA) is 107 Å². The molecule has 0 aliphatic carbocycles. The minimum absolute atomic E-state index is 0.0179. The fourth-order valence-electron chi connectivity index (χ4n) is 3.77. The molecule has 2 aromatic heterocycles. The number of carbonyl (C=O) groups is 2. The molecule has 1 fully saturated rings. The third-order valence-electron chi connectivity index (χ3n) is 5.17. The maximum Gasteiger partial charge on any atom is 0.410 e. The van der Waals surface area contributed by atoms with E-state index >= 15 is 0 Å². The highest BCUT2D eigenvalue weighted by Gasteiger charge is 2.39. The largest absolute Gasteiger partial charge is 0.444 e. The van der Waals surface area contributed by atoms with Crippen LogP contribution >= 0.6 is 0 Å². The summed E-state index contributed by atoms with van der Waals surface area (Å²) in [6.45, 7) is 10.6. The molecule has 0 aromatic carbocycles. The van der Waals surface area contributed by atoms with Crippen molar-refractivity contribution in [2.45, 2.75) is 71.7 Å². The van der Waals surface area contributed by atoms with Crippen LogP contribution in [0.15, 0.2) is 10.7 Å². The van der Waals surface area contributed by atoms with Crippen LogP contribution in [0.5, 0.6) is 0 Å². The van der Waals surface area contributed by atoms with Crippen LogP contribution in [-0.4, -0.2) is 55.0 Å². The standard InChI is InChI=1S/C19H26N6O4/c1-11-8-25-15(10-23(11)18(27)28-19(3,4)5)14(7-20-25)24-9-13(6-16(24)26)17-21-12(2)29-22-17/h7,11,13H,6,8-10H2,1-5H3/t11-,13?/m0/s1. The van der Waals surface area contributed by atoms with Crippen LogP contribution < -0.4 is 4.90 Å². The van der Waals surface area contributed by atoms with E-state index in [2.05, 4.69) is 15.2 Å². The number of ether oxygens (including phenoxy) is 1. The first-order valence-corrected chi connectivity index (χ1v) is 9.77. The summed E-state index contributed by atoms with van der Waals surface area (Å²) >= 11 is 0. The van der Waals surface area contributed by atoms with Gasteiger partial charge in [-0.3, -0.25) is 14.4 Å². The zero-order valence-corrected chi connectivity index (χ0v) is 17.4. The molecule has 1 unspecified atom stereocenters. The summed E-state index contributed by atoms with van der Waals surface area (Å²) in [4.78, 5) is 33.0. The molecular weight excluding hydrogens is 376 g/mol. The van der Waals surface area contributed by atoms with Gasteiger partial charge in [-0.15, -0.1) is 0 Å². The van der Waals surface area contributed by atoms with Crippen molar-refractivity contribution in [3.63, 3.8) is 0 Å². The Kier molecular flexibility index (Phi) is 4.59. The van der Waals surface area contributed by atoms with E-state index in [1.165, 1.54) is 0 Å². The van der Waals surface area contributed by atoms with Gasteiger partial charge in [-0.05, 0) is 27.7 Å². The van der Waals surface area contributed by atoms with Crippen molar-refractivity contribution < 1.29 is 18.8 Å². The van der Waals surface area contributed by atoms with Gasteiger partial charge in [-0.1, -0.05) is 5.16 Å². The number of carbonyl (C=O) groups excluding carboxylic acids is 2. The maximum absolute atomic E-state index is 12.7. The van der Waals surface area contributed by atoms with Crippen molar-refractivity contribution >= 4 is 17.7 Å². The zero-order chi connectivity index (χ0) is 20.9. The quantitative estimate of drug-likeness (QED) is 0.758. The van der Waals surface area contributed by atoms with E-state index < -0.39 is 5.60 Å². The molecule has 0 bridgehead atoms. The maximum atomic E-state index is 12.7. The fraction of sp³-hybridized carbons (Fsp3) is 0.632.